The number of aromatic nitrogens is 1. The van der Waals surface area contributed by atoms with Crippen LogP contribution in [0.15, 0.2) is 36.5 Å². The Labute approximate surface area is 158 Å². The highest BCUT2D eigenvalue weighted by Gasteiger charge is 2.12. The van der Waals surface area contributed by atoms with Gasteiger partial charge in [0.1, 0.15) is 5.82 Å². The molecule has 0 radical (unpaired) electrons. The maximum absolute atomic E-state index is 12.2. The quantitative estimate of drug-likeness (QED) is 0.724. The fourth-order valence-electron chi connectivity index (χ4n) is 2.29. The minimum absolute atomic E-state index is 0.129. The molecule has 0 saturated heterocycles. The fraction of sp³-hybridized carbons (Fsp3) is 0.316. The van der Waals surface area contributed by atoms with E-state index in [1.165, 1.54) is 14.2 Å². The highest BCUT2D eigenvalue weighted by Crippen LogP contribution is 2.27. The van der Waals surface area contributed by atoms with Gasteiger partial charge in [-0.3, -0.25) is 9.59 Å². The lowest BCUT2D eigenvalue weighted by Crippen LogP contribution is -2.36. The van der Waals surface area contributed by atoms with Crippen molar-refractivity contribution in [3.05, 3.63) is 47.7 Å². The van der Waals surface area contributed by atoms with Crippen LogP contribution in [-0.4, -0.2) is 51.7 Å². The van der Waals surface area contributed by atoms with Gasteiger partial charge >= 0.3 is 0 Å². The highest BCUT2D eigenvalue weighted by atomic mass is 16.5. The van der Waals surface area contributed by atoms with Gasteiger partial charge in [0.2, 0.25) is 5.91 Å². The molecule has 2 N–H and O–H groups in total. The van der Waals surface area contributed by atoms with Crippen molar-refractivity contribution in [3.63, 3.8) is 0 Å². The van der Waals surface area contributed by atoms with Crippen molar-refractivity contribution in [2.45, 2.75) is 6.54 Å². The van der Waals surface area contributed by atoms with Crippen LogP contribution in [0.25, 0.3) is 0 Å². The number of methoxy groups -OCH3 is 2. The number of carbonyl (C=O) groups is 2. The summed E-state index contributed by atoms with van der Waals surface area (Å²) in [6.45, 7) is 0.210. The topological polar surface area (TPSA) is 92.8 Å². The van der Waals surface area contributed by atoms with E-state index in [0.717, 1.165) is 11.4 Å². The Balaban J connectivity index is 1.83. The molecule has 0 aliphatic carbocycles. The molecule has 0 atom stereocenters. The highest BCUT2D eigenvalue weighted by molar-refractivity contribution is 5.97. The molecule has 0 aliphatic rings. The Bertz CT molecular complexity index is 791. The van der Waals surface area contributed by atoms with Crippen LogP contribution in [0.3, 0.4) is 0 Å². The second kappa shape index (κ2) is 9.42. The van der Waals surface area contributed by atoms with E-state index < -0.39 is 0 Å². The largest absolute Gasteiger partial charge is 0.493 e. The Morgan fingerprint density at radius 3 is 2.37 bits per heavy atom. The molecule has 0 fully saturated rings. The third-order valence-corrected chi connectivity index (χ3v) is 3.81. The Morgan fingerprint density at radius 2 is 1.78 bits per heavy atom. The number of carbonyl (C=O) groups excluding carboxylic acids is 2. The number of ether oxygens (including phenoxy) is 2. The van der Waals surface area contributed by atoms with Crippen LogP contribution in [0.5, 0.6) is 11.5 Å². The minimum atomic E-state index is -0.372. The Morgan fingerprint density at radius 1 is 1.04 bits per heavy atom. The van der Waals surface area contributed by atoms with Gasteiger partial charge in [0.25, 0.3) is 5.91 Å². The summed E-state index contributed by atoms with van der Waals surface area (Å²) in [5, 5.41) is 5.32. The first kappa shape index (κ1) is 20.0. The van der Waals surface area contributed by atoms with Crippen LogP contribution >= 0.6 is 0 Å². The van der Waals surface area contributed by atoms with E-state index in [9.17, 15) is 9.59 Å². The third kappa shape index (κ3) is 5.60. The van der Waals surface area contributed by atoms with Gasteiger partial charge in [-0.05, 0) is 29.8 Å². The summed E-state index contributed by atoms with van der Waals surface area (Å²) < 4.78 is 10.3. The predicted octanol–water partition coefficient (Wildman–Crippen LogP) is 1.21. The molecule has 27 heavy (non-hydrogen) atoms. The number of nitrogens with one attached hydrogen (secondary N) is 2. The molecule has 0 saturated carbocycles. The average molecular weight is 372 g/mol. The summed E-state index contributed by atoms with van der Waals surface area (Å²) in [6, 6.07) is 8.57. The standard InChI is InChI=1S/C19H24N4O4/c1-23(2)17-8-5-13(10-20-17)11-21-18(24)12-22-19(25)14-6-7-15(26-3)16(9-14)27-4/h5-10H,11-12H2,1-4H3,(H,21,24)(H,22,25). The van der Waals surface area contributed by atoms with Gasteiger partial charge in [-0.2, -0.15) is 0 Å². The van der Waals surface area contributed by atoms with Crippen molar-refractivity contribution < 1.29 is 19.1 Å². The fourth-order valence-corrected chi connectivity index (χ4v) is 2.29. The zero-order valence-electron chi connectivity index (χ0n) is 15.9. The second-order valence-corrected chi connectivity index (χ2v) is 5.95. The smallest absolute Gasteiger partial charge is 0.251 e. The van der Waals surface area contributed by atoms with Crippen LogP contribution in [0.2, 0.25) is 0 Å². The van der Waals surface area contributed by atoms with Crippen LogP contribution in [0.4, 0.5) is 5.82 Å². The molecule has 2 aromatic rings. The first-order valence-electron chi connectivity index (χ1n) is 8.33. The van der Waals surface area contributed by atoms with Crippen molar-refractivity contribution in [2.24, 2.45) is 0 Å². The summed E-state index contributed by atoms with van der Waals surface area (Å²) in [5.74, 6) is 1.15. The number of amides is 2. The van der Waals surface area contributed by atoms with Gasteiger partial charge in [-0.15, -0.1) is 0 Å². The molecular formula is C19H24N4O4. The van der Waals surface area contributed by atoms with Crippen molar-refractivity contribution in [2.75, 3.05) is 39.8 Å². The molecular weight excluding hydrogens is 348 g/mol. The third-order valence-electron chi connectivity index (χ3n) is 3.81. The van der Waals surface area contributed by atoms with E-state index in [4.69, 9.17) is 9.47 Å². The second-order valence-electron chi connectivity index (χ2n) is 5.95. The maximum atomic E-state index is 12.2. The van der Waals surface area contributed by atoms with Crippen LogP contribution in [0, 0.1) is 0 Å². The summed E-state index contributed by atoms with van der Waals surface area (Å²) in [5.41, 5.74) is 1.25. The van der Waals surface area contributed by atoms with Gasteiger partial charge in [-0.25, -0.2) is 4.98 Å². The van der Waals surface area contributed by atoms with Crippen LogP contribution in [0.1, 0.15) is 15.9 Å². The zero-order chi connectivity index (χ0) is 19.8. The maximum Gasteiger partial charge on any atom is 0.251 e. The van der Waals surface area contributed by atoms with E-state index in [1.54, 1.807) is 24.4 Å². The zero-order valence-corrected chi connectivity index (χ0v) is 15.9. The molecule has 0 aliphatic heterocycles. The van der Waals surface area contributed by atoms with Crippen molar-refractivity contribution in [1.82, 2.24) is 15.6 Å². The number of anilines is 1. The lowest BCUT2D eigenvalue weighted by molar-refractivity contribution is -0.120. The number of nitrogens with zero attached hydrogens (tertiary/aromatic N) is 2. The molecule has 144 valence electrons. The SMILES string of the molecule is COc1ccc(C(=O)NCC(=O)NCc2ccc(N(C)C)nc2)cc1OC. The van der Waals surface area contributed by atoms with E-state index in [-0.39, 0.29) is 18.4 Å². The molecule has 0 spiro atoms. The molecule has 1 heterocycles. The number of benzene rings is 1. The predicted molar refractivity (Wildman–Crippen MR) is 102 cm³/mol. The van der Waals surface area contributed by atoms with Gasteiger partial charge in [0.15, 0.2) is 11.5 Å². The molecule has 8 nitrogen and oxygen atoms in total. The number of pyridine rings is 1. The Kier molecular flexibility index (Phi) is 6.99. The van der Waals surface area contributed by atoms with Gasteiger partial charge in [-0.1, -0.05) is 6.07 Å². The van der Waals surface area contributed by atoms with Crippen LogP contribution in [-0.2, 0) is 11.3 Å². The molecule has 0 unspecified atom stereocenters. The number of hydrogen-bond acceptors (Lipinski definition) is 6. The van der Waals surface area contributed by atoms with Gasteiger partial charge in [0, 0.05) is 32.4 Å². The molecule has 2 rings (SSSR count). The summed E-state index contributed by atoms with van der Waals surface area (Å²) in [6.07, 6.45) is 1.71. The molecule has 1 aromatic heterocycles. The number of rotatable bonds is 8. The van der Waals surface area contributed by atoms with Crippen molar-refractivity contribution in [3.8, 4) is 11.5 Å². The first-order valence-corrected chi connectivity index (χ1v) is 8.33. The van der Waals surface area contributed by atoms with Crippen molar-refractivity contribution >= 4 is 17.6 Å². The summed E-state index contributed by atoms with van der Waals surface area (Å²) in [7, 11) is 6.83. The number of hydrogen-bond donors (Lipinski definition) is 2. The van der Waals surface area contributed by atoms with E-state index in [2.05, 4.69) is 15.6 Å². The van der Waals surface area contributed by atoms with Gasteiger partial charge in [0.05, 0.1) is 20.8 Å². The molecule has 0 bridgehead atoms. The van der Waals surface area contributed by atoms with Crippen molar-refractivity contribution in [1.29, 1.82) is 0 Å². The lowest BCUT2D eigenvalue weighted by Gasteiger charge is -2.12. The average Bonchev–Trinajstić information content (AvgIpc) is 2.70. The molecule has 1 aromatic carbocycles. The molecule has 8 heteroatoms. The monoisotopic (exact) mass is 372 g/mol. The Hall–Kier alpha value is -3.29. The first-order chi connectivity index (χ1) is 12.9. The molecule has 2 amide bonds. The van der Waals surface area contributed by atoms with Crippen LogP contribution < -0.4 is 25.0 Å². The lowest BCUT2D eigenvalue weighted by atomic mass is 10.2. The minimum Gasteiger partial charge on any atom is -0.493 e. The van der Waals surface area contributed by atoms with E-state index >= 15 is 0 Å². The van der Waals surface area contributed by atoms with Gasteiger partial charge < -0.3 is 25.0 Å². The normalized spacial score (nSPS) is 10.1. The van der Waals surface area contributed by atoms with E-state index in [0.29, 0.717) is 23.6 Å². The van der Waals surface area contributed by atoms with E-state index in [1.807, 2.05) is 31.1 Å². The summed E-state index contributed by atoms with van der Waals surface area (Å²) in [4.78, 5) is 30.3. The summed E-state index contributed by atoms with van der Waals surface area (Å²) >= 11 is 0.